The first-order valence-corrected chi connectivity index (χ1v) is 9.40. The fraction of sp³-hybridized carbons (Fsp3) is 0.500. The number of rotatable bonds is 7. The van der Waals surface area contributed by atoms with Crippen molar-refractivity contribution < 1.29 is 0 Å². The molecule has 0 aliphatic heterocycles. The predicted octanol–water partition coefficient (Wildman–Crippen LogP) is 3.90. The molecule has 2 heterocycles. The van der Waals surface area contributed by atoms with Crippen LogP contribution in [0.15, 0.2) is 27.9 Å². The van der Waals surface area contributed by atoms with Crippen molar-refractivity contribution in [3.05, 3.63) is 38.5 Å². The molecular weight excluding hydrogens is 439 g/mol. The minimum absolute atomic E-state index is 0. The van der Waals surface area contributed by atoms with Crippen LogP contribution in [-0.4, -0.2) is 31.1 Å². The molecule has 2 N–H and O–H groups in total. The summed E-state index contributed by atoms with van der Waals surface area (Å²) in [6.45, 7) is 6.10. The molecule has 0 aliphatic rings. The third kappa shape index (κ3) is 6.76. The minimum Gasteiger partial charge on any atom is -0.356 e. The quantitative estimate of drug-likeness (QED) is 0.371. The van der Waals surface area contributed by atoms with Crippen molar-refractivity contribution in [1.29, 1.82) is 0 Å². The summed E-state index contributed by atoms with van der Waals surface area (Å²) in [5.74, 6) is 1.35. The van der Waals surface area contributed by atoms with E-state index < -0.39 is 0 Å². The Labute approximate surface area is 163 Å². The Morgan fingerprint density at radius 3 is 2.78 bits per heavy atom. The lowest BCUT2D eigenvalue weighted by atomic mass is 10.1. The third-order valence-electron chi connectivity index (χ3n) is 3.40. The normalized spacial score (nSPS) is 12.6. The van der Waals surface area contributed by atoms with E-state index in [4.69, 9.17) is 0 Å². The molecule has 128 valence electrons. The minimum atomic E-state index is 0. The van der Waals surface area contributed by atoms with Gasteiger partial charge in [-0.05, 0) is 17.9 Å². The number of halogens is 1. The monoisotopic (exact) mass is 464 g/mol. The van der Waals surface area contributed by atoms with Crippen LogP contribution in [0, 0.1) is 0 Å². The fourth-order valence-corrected chi connectivity index (χ4v) is 3.64. The molecule has 0 spiro atoms. The highest BCUT2D eigenvalue weighted by atomic mass is 127. The van der Waals surface area contributed by atoms with Crippen LogP contribution >= 0.6 is 46.7 Å². The van der Waals surface area contributed by atoms with E-state index in [2.05, 4.69) is 57.4 Å². The average Bonchev–Trinajstić information content (AvgIpc) is 3.21. The van der Waals surface area contributed by atoms with Gasteiger partial charge in [-0.1, -0.05) is 19.9 Å². The molecule has 0 saturated carbocycles. The Kier molecular flexibility index (Phi) is 9.73. The van der Waals surface area contributed by atoms with E-state index in [1.165, 1.54) is 9.88 Å². The van der Waals surface area contributed by atoms with Crippen LogP contribution in [0.4, 0.5) is 0 Å². The number of thiazole rings is 1. The number of guanidine groups is 1. The van der Waals surface area contributed by atoms with Crippen molar-refractivity contribution in [3.63, 3.8) is 0 Å². The van der Waals surface area contributed by atoms with Crippen molar-refractivity contribution in [2.45, 2.75) is 32.6 Å². The Bertz CT molecular complexity index is 581. The Balaban J connectivity index is 0.00000264. The fourth-order valence-electron chi connectivity index (χ4n) is 2.08. The summed E-state index contributed by atoms with van der Waals surface area (Å²) in [6.07, 6.45) is 1.94. The molecule has 0 amide bonds. The molecule has 23 heavy (non-hydrogen) atoms. The second-order valence-electron chi connectivity index (χ2n) is 5.13. The van der Waals surface area contributed by atoms with E-state index in [1.807, 2.05) is 7.05 Å². The standard InChI is InChI=1S/C16H24N4S2.HI/c1-4-15-20-13(11-22-15)7-8-18-16(17-3)19-10-12(2)14-6-5-9-21-14;/h5-6,9,11-12H,4,7-8,10H2,1-3H3,(H2,17,18,19);1H. The first-order valence-electron chi connectivity index (χ1n) is 7.64. The Morgan fingerprint density at radius 1 is 1.35 bits per heavy atom. The van der Waals surface area contributed by atoms with Crippen molar-refractivity contribution in [1.82, 2.24) is 15.6 Å². The zero-order valence-corrected chi connectivity index (χ0v) is 17.8. The number of aliphatic imine (C=N–C) groups is 1. The molecule has 1 atom stereocenters. The van der Waals surface area contributed by atoms with Crippen LogP contribution < -0.4 is 10.6 Å². The summed E-state index contributed by atoms with van der Waals surface area (Å²) in [5, 5.41) is 12.2. The van der Waals surface area contributed by atoms with Crippen LogP contribution in [0.25, 0.3) is 0 Å². The molecule has 1 unspecified atom stereocenters. The average molecular weight is 464 g/mol. The predicted molar refractivity (Wildman–Crippen MR) is 113 cm³/mol. The van der Waals surface area contributed by atoms with Crippen molar-refractivity contribution in [2.24, 2.45) is 4.99 Å². The van der Waals surface area contributed by atoms with Crippen LogP contribution in [0.1, 0.15) is 35.3 Å². The van der Waals surface area contributed by atoms with Crippen LogP contribution in [0.3, 0.4) is 0 Å². The van der Waals surface area contributed by atoms with Gasteiger partial charge in [-0.2, -0.15) is 0 Å². The van der Waals surface area contributed by atoms with Gasteiger partial charge in [-0.3, -0.25) is 4.99 Å². The largest absolute Gasteiger partial charge is 0.356 e. The number of nitrogens with zero attached hydrogens (tertiary/aromatic N) is 2. The molecule has 2 aromatic rings. The van der Waals surface area contributed by atoms with Gasteiger partial charge < -0.3 is 10.6 Å². The highest BCUT2D eigenvalue weighted by molar-refractivity contribution is 14.0. The molecule has 0 saturated heterocycles. The highest BCUT2D eigenvalue weighted by Crippen LogP contribution is 2.19. The Hall–Kier alpha value is -0.670. The van der Waals surface area contributed by atoms with Crippen molar-refractivity contribution in [3.8, 4) is 0 Å². The zero-order chi connectivity index (χ0) is 15.8. The van der Waals surface area contributed by atoms with Crippen LogP contribution in [0.5, 0.6) is 0 Å². The molecule has 7 heteroatoms. The zero-order valence-electron chi connectivity index (χ0n) is 13.8. The van der Waals surface area contributed by atoms with E-state index in [0.29, 0.717) is 5.92 Å². The number of nitrogens with one attached hydrogen (secondary N) is 2. The van der Waals surface area contributed by atoms with Gasteiger partial charge >= 0.3 is 0 Å². The number of hydrogen-bond acceptors (Lipinski definition) is 4. The SMILES string of the molecule is CCc1nc(CCNC(=NC)NCC(C)c2cccs2)cs1.I. The van der Waals surface area contributed by atoms with Gasteiger partial charge in [-0.25, -0.2) is 4.98 Å². The molecule has 0 aromatic carbocycles. The molecule has 0 bridgehead atoms. The van der Waals surface area contributed by atoms with Crippen LogP contribution in [-0.2, 0) is 12.8 Å². The van der Waals surface area contributed by atoms with Gasteiger partial charge in [0.1, 0.15) is 0 Å². The topological polar surface area (TPSA) is 49.3 Å². The number of aryl methyl sites for hydroxylation is 1. The summed E-state index contributed by atoms with van der Waals surface area (Å²) in [4.78, 5) is 10.3. The van der Waals surface area contributed by atoms with Gasteiger partial charge in [0.25, 0.3) is 0 Å². The van der Waals surface area contributed by atoms with Gasteiger partial charge in [0, 0.05) is 42.7 Å². The summed E-state index contributed by atoms with van der Waals surface area (Å²) in [6, 6.07) is 4.28. The van der Waals surface area contributed by atoms with Crippen LogP contribution in [0.2, 0.25) is 0 Å². The van der Waals surface area contributed by atoms with E-state index in [9.17, 15) is 0 Å². The number of thiophene rings is 1. The molecule has 0 fully saturated rings. The van der Waals surface area contributed by atoms with Crippen molar-refractivity contribution in [2.75, 3.05) is 20.1 Å². The maximum atomic E-state index is 4.58. The van der Waals surface area contributed by atoms with Gasteiger partial charge in [0.05, 0.1) is 10.7 Å². The van der Waals surface area contributed by atoms with E-state index >= 15 is 0 Å². The second-order valence-corrected chi connectivity index (χ2v) is 7.05. The second kappa shape index (κ2) is 11.0. The van der Waals surface area contributed by atoms with Gasteiger partial charge in [0.15, 0.2) is 5.96 Å². The summed E-state index contributed by atoms with van der Waals surface area (Å²) in [5.41, 5.74) is 1.16. The summed E-state index contributed by atoms with van der Waals surface area (Å²) in [7, 11) is 1.81. The van der Waals surface area contributed by atoms with Crippen molar-refractivity contribution >= 4 is 52.6 Å². The Morgan fingerprint density at radius 2 is 2.17 bits per heavy atom. The maximum Gasteiger partial charge on any atom is 0.191 e. The molecule has 2 rings (SSSR count). The maximum absolute atomic E-state index is 4.58. The number of hydrogen-bond donors (Lipinski definition) is 2. The molecule has 0 aliphatic carbocycles. The lowest BCUT2D eigenvalue weighted by Gasteiger charge is -2.15. The first kappa shape index (κ1) is 20.4. The highest BCUT2D eigenvalue weighted by Gasteiger charge is 2.07. The lowest BCUT2D eigenvalue weighted by Crippen LogP contribution is -2.39. The molecule has 2 aromatic heterocycles. The van der Waals surface area contributed by atoms with Gasteiger partial charge in [0.2, 0.25) is 0 Å². The van der Waals surface area contributed by atoms with Gasteiger partial charge in [-0.15, -0.1) is 46.7 Å². The first-order chi connectivity index (χ1) is 10.7. The molecule has 4 nitrogen and oxygen atoms in total. The third-order valence-corrected chi connectivity index (χ3v) is 5.55. The molecule has 0 radical (unpaired) electrons. The van der Waals surface area contributed by atoms with E-state index in [0.717, 1.165) is 37.6 Å². The van der Waals surface area contributed by atoms with E-state index in [-0.39, 0.29) is 24.0 Å². The smallest absolute Gasteiger partial charge is 0.191 e. The van der Waals surface area contributed by atoms with E-state index in [1.54, 1.807) is 22.7 Å². The number of aromatic nitrogens is 1. The lowest BCUT2D eigenvalue weighted by molar-refractivity contribution is 0.705. The summed E-state index contributed by atoms with van der Waals surface area (Å²) < 4.78 is 0. The summed E-state index contributed by atoms with van der Waals surface area (Å²) >= 11 is 3.55. The molecular formula is C16H25IN4S2.